The van der Waals surface area contributed by atoms with Crippen molar-refractivity contribution in [3.8, 4) is 5.75 Å². The zero-order valence-corrected chi connectivity index (χ0v) is 13.8. The molecule has 126 valence electrons. The molecular weight excluding hydrogens is 306 g/mol. The Bertz CT molecular complexity index is 740. The highest BCUT2D eigenvalue weighted by Gasteiger charge is 2.08. The van der Waals surface area contributed by atoms with Gasteiger partial charge in [-0.25, -0.2) is 4.79 Å². The third-order valence-electron chi connectivity index (χ3n) is 3.72. The van der Waals surface area contributed by atoms with E-state index in [2.05, 4.69) is 5.32 Å². The van der Waals surface area contributed by atoms with Crippen LogP contribution in [0.4, 0.5) is 5.69 Å². The number of ether oxygens (including phenoxy) is 1. The van der Waals surface area contributed by atoms with Crippen LogP contribution in [0.3, 0.4) is 0 Å². The van der Waals surface area contributed by atoms with E-state index in [0.717, 1.165) is 5.56 Å². The summed E-state index contributed by atoms with van der Waals surface area (Å²) in [6, 6.07) is 13.1. The smallest absolute Gasteiger partial charge is 0.341 e. The second-order valence-electron chi connectivity index (χ2n) is 5.63. The summed E-state index contributed by atoms with van der Waals surface area (Å²) in [5, 5.41) is 11.5. The van der Waals surface area contributed by atoms with Crippen molar-refractivity contribution in [2.75, 3.05) is 11.9 Å². The molecule has 5 nitrogen and oxygen atoms in total. The number of hydrogen-bond acceptors (Lipinski definition) is 3. The van der Waals surface area contributed by atoms with Gasteiger partial charge in [-0.05, 0) is 55.2 Å². The molecule has 0 saturated heterocycles. The molecule has 24 heavy (non-hydrogen) atoms. The van der Waals surface area contributed by atoms with Gasteiger partial charge >= 0.3 is 5.97 Å². The minimum atomic E-state index is -1.03. The molecule has 0 unspecified atom stereocenters. The SMILES string of the molecule is Cc1ccccc1CCC(=O)Nc1ccc(OCC(=O)O)cc1C. The highest BCUT2D eigenvalue weighted by molar-refractivity contribution is 5.91. The second kappa shape index (κ2) is 8.15. The average Bonchev–Trinajstić information content (AvgIpc) is 2.54. The summed E-state index contributed by atoms with van der Waals surface area (Å²) < 4.78 is 5.11. The van der Waals surface area contributed by atoms with Crippen molar-refractivity contribution in [1.29, 1.82) is 0 Å². The molecule has 0 fully saturated rings. The minimum absolute atomic E-state index is 0.0550. The Hall–Kier alpha value is -2.82. The first-order valence-electron chi connectivity index (χ1n) is 7.75. The van der Waals surface area contributed by atoms with Gasteiger partial charge in [0, 0.05) is 12.1 Å². The van der Waals surface area contributed by atoms with Gasteiger partial charge in [-0.15, -0.1) is 0 Å². The predicted octanol–water partition coefficient (Wildman–Crippen LogP) is 3.34. The van der Waals surface area contributed by atoms with E-state index in [1.54, 1.807) is 18.2 Å². The summed E-state index contributed by atoms with van der Waals surface area (Å²) in [6.07, 6.45) is 1.10. The van der Waals surface area contributed by atoms with E-state index in [0.29, 0.717) is 24.3 Å². The topological polar surface area (TPSA) is 75.6 Å². The van der Waals surface area contributed by atoms with Crippen molar-refractivity contribution < 1.29 is 19.4 Å². The number of hydrogen-bond donors (Lipinski definition) is 2. The molecule has 0 bridgehead atoms. The van der Waals surface area contributed by atoms with E-state index >= 15 is 0 Å². The van der Waals surface area contributed by atoms with E-state index in [9.17, 15) is 9.59 Å². The summed E-state index contributed by atoms with van der Waals surface area (Å²) in [7, 11) is 0. The maximum atomic E-state index is 12.1. The molecular formula is C19H21NO4. The van der Waals surface area contributed by atoms with Crippen molar-refractivity contribution in [2.24, 2.45) is 0 Å². The monoisotopic (exact) mass is 327 g/mol. The standard InChI is InChI=1S/C19H21NO4/c1-13-5-3-4-6-15(13)7-10-18(21)20-17-9-8-16(11-14(17)2)24-12-19(22)23/h3-6,8-9,11H,7,10,12H2,1-2H3,(H,20,21)(H,22,23). The maximum absolute atomic E-state index is 12.1. The number of nitrogens with one attached hydrogen (secondary N) is 1. The van der Waals surface area contributed by atoms with Crippen molar-refractivity contribution >= 4 is 17.6 Å². The van der Waals surface area contributed by atoms with Crippen molar-refractivity contribution in [3.63, 3.8) is 0 Å². The van der Waals surface area contributed by atoms with Gasteiger partial charge in [-0.1, -0.05) is 24.3 Å². The number of carbonyl (C=O) groups is 2. The number of benzene rings is 2. The van der Waals surface area contributed by atoms with Crippen molar-refractivity contribution in [2.45, 2.75) is 26.7 Å². The van der Waals surface area contributed by atoms with Crippen LogP contribution in [-0.4, -0.2) is 23.6 Å². The third kappa shape index (κ3) is 5.12. The van der Waals surface area contributed by atoms with Gasteiger partial charge in [0.1, 0.15) is 5.75 Å². The highest BCUT2D eigenvalue weighted by Crippen LogP contribution is 2.22. The molecule has 1 amide bonds. The quantitative estimate of drug-likeness (QED) is 0.818. The number of aliphatic carboxylic acids is 1. The summed E-state index contributed by atoms with van der Waals surface area (Å²) in [4.78, 5) is 22.6. The van der Waals surface area contributed by atoms with Gasteiger partial charge in [-0.3, -0.25) is 4.79 Å². The molecule has 0 aromatic heterocycles. The molecule has 0 heterocycles. The van der Waals surface area contributed by atoms with Gasteiger partial charge < -0.3 is 15.2 Å². The summed E-state index contributed by atoms with van der Waals surface area (Å²) in [6.45, 7) is 3.49. The van der Waals surface area contributed by atoms with E-state index in [4.69, 9.17) is 9.84 Å². The van der Waals surface area contributed by atoms with E-state index in [1.165, 1.54) is 11.1 Å². The third-order valence-corrected chi connectivity index (χ3v) is 3.72. The molecule has 0 atom stereocenters. The molecule has 0 aliphatic rings. The number of anilines is 1. The molecule has 2 N–H and O–H groups in total. The number of rotatable bonds is 7. The summed E-state index contributed by atoms with van der Waals surface area (Å²) >= 11 is 0. The zero-order valence-electron chi connectivity index (χ0n) is 13.8. The molecule has 0 aliphatic heterocycles. The molecule has 0 radical (unpaired) electrons. The molecule has 0 aliphatic carbocycles. The van der Waals surface area contributed by atoms with Crippen molar-refractivity contribution in [3.05, 3.63) is 59.2 Å². The van der Waals surface area contributed by atoms with Gasteiger partial charge in [0.2, 0.25) is 5.91 Å². The van der Waals surface area contributed by atoms with Crippen LogP contribution in [-0.2, 0) is 16.0 Å². The summed E-state index contributed by atoms with van der Waals surface area (Å²) in [5.41, 5.74) is 3.87. The fourth-order valence-corrected chi connectivity index (χ4v) is 2.36. The maximum Gasteiger partial charge on any atom is 0.341 e. The molecule has 5 heteroatoms. The minimum Gasteiger partial charge on any atom is -0.482 e. The Kier molecular flexibility index (Phi) is 5.95. The fourth-order valence-electron chi connectivity index (χ4n) is 2.36. The van der Waals surface area contributed by atoms with Crippen LogP contribution in [0.2, 0.25) is 0 Å². The van der Waals surface area contributed by atoms with E-state index in [-0.39, 0.29) is 12.5 Å². The van der Waals surface area contributed by atoms with Crippen LogP contribution in [0.5, 0.6) is 5.75 Å². The highest BCUT2D eigenvalue weighted by atomic mass is 16.5. The first-order valence-corrected chi connectivity index (χ1v) is 7.75. The summed E-state index contributed by atoms with van der Waals surface area (Å²) in [5.74, 6) is -0.616. The normalized spacial score (nSPS) is 10.2. The lowest BCUT2D eigenvalue weighted by Crippen LogP contribution is -2.14. The zero-order chi connectivity index (χ0) is 17.5. The van der Waals surface area contributed by atoms with Crippen molar-refractivity contribution in [1.82, 2.24) is 0 Å². The second-order valence-corrected chi connectivity index (χ2v) is 5.63. The Balaban J connectivity index is 1.91. The number of aryl methyl sites for hydroxylation is 3. The fraction of sp³-hybridized carbons (Fsp3) is 0.263. The van der Waals surface area contributed by atoms with Crippen LogP contribution in [0, 0.1) is 13.8 Å². The Labute approximate surface area is 141 Å². The van der Waals surface area contributed by atoms with Gasteiger partial charge in [0.05, 0.1) is 0 Å². The molecule has 0 spiro atoms. The molecule has 0 saturated carbocycles. The van der Waals surface area contributed by atoms with Gasteiger partial charge in [-0.2, -0.15) is 0 Å². The predicted molar refractivity (Wildman–Crippen MR) is 92.4 cm³/mol. The lowest BCUT2D eigenvalue weighted by atomic mass is 10.0. The Morgan fingerprint density at radius 1 is 1.08 bits per heavy atom. The molecule has 2 aromatic rings. The number of carboxylic acids is 1. The van der Waals surface area contributed by atoms with Crippen LogP contribution >= 0.6 is 0 Å². The van der Waals surface area contributed by atoms with Crippen LogP contribution in [0.15, 0.2) is 42.5 Å². The van der Waals surface area contributed by atoms with Crippen LogP contribution < -0.4 is 10.1 Å². The molecule has 2 aromatic carbocycles. The first-order chi connectivity index (χ1) is 11.5. The number of carboxylic acid groups (broad SMARTS) is 1. The van der Waals surface area contributed by atoms with E-state index < -0.39 is 5.97 Å². The molecule has 2 rings (SSSR count). The van der Waals surface area contributed by atoms with E-state index in [1.807, 2.05) is 38.1 Å². The van der Waals surface area contributed by atoms with Gasteiger partial charge in [0.15, 0.2) is 6.61 Å². The first kappa shape index (κ1) is 17.5. The Morgan fingerprint density at radius 2 is 1.83 bits per heavy atom. The van der Waals surface area contributed by atoms with Crippen LogP contribution in [0.1, 0.15) is 23.1 Å². The number of amides is 1. The lowest BCUT2D eigenvalue weighted by Gasteiger charge is -2.11. The number of carbonyl (C=O) groups excluding carboxylic acids is 1. The lowest BCUT2D eigenvalue weighted by molar-refractivity contribution is -0.139. The Morgan fingerprint density at radius 3 is 2.50 bits per heavy atom. The average molecular weight is 327 g/mol. The van der Waals surface area contributed by atoms with Gasteiger partial charge in [0.25, 0.3) is 0 Å². The van der Waals surface area contributed by atoms with Crippen LogP contribution in [0.25, 0.3) is 0 Å². The largest absolute Gasteiger partial charge is 0.482 e.